The van der Waals surface area contributed by atoms with Crippen molar-refractivity contribution >= 4 is 30.0 Å². The van der Waals surface area contributed by atoms with Gasteiger partial charge in [0.05, 0.1) is 30.5 Å². The van der Waals surface area contributed by atoms with Gasteiger partial charge in [-0.3, -0.25) is 4.31 Å². The maximum absolute atomic E-state index is 12.9. The van der Waals surface area contributed by atoms with Crippen molar-refractivity contribution in [2.75, 3.05) is 31.7 Å². The number of carbonyl (C=O) groups is 1. The van der Waals surface area contributed by atoms with Crippen LogP contribution in [0.1, 0.15) is 34.3 Å². The van der Waals surface area contributed by atoms with Gasteiger partial charge in [-0.2, -0.15) is 0 Å². The Morgan fingerprint density at radius 2 is 2.03 bits per heavy atom. The normalized spacial score (nSPS) is 15.5. The van der Waals surface area contributed by atoms with Crippen molar-refractivity contribution in [3.63, 3.8) is 0 Å². The molecule has 0 bridgehead atoms. The van der Waals surface area contributed by atoms with Crippen LogP contribution in [0.25, 0.3) is 6.08 Å². The lowest BCUT2D eigenvalue weighted by atomic mass is 9.93. The highest BCUT2D eigenvalue weighted by atomic mass is 32.2. The Morgan fingerprint density at radius 1 is 1.28 bits per heavy atom. The van der Waals surface area contributed by atoms with E-state index in [2.05, 4.69) is 11.0 Å². The lowest BCUT2D eigenvalue weighted by molar-refractivity contribution is -0.160. The summed E-state index contributed by atoms with van der Waals surface area (Å²) in [4.78, 5) is 17.5. The number of aliphatic hydroxyl groups excluding tert-OH is 1. The summed E-state index contributed by atoms with van der Waals surface area (Å²) in [7, 11) is 3.23. The number of hydrogen-bond donors (Lipinski definition) is 2. The molecule has 3 rings (SSSR count). The van der Waals surface area contributed by atoms with Gasteiger partial charge in [-0.25, -0.2) is 9.68 Å². The van der Waals surface area contributed by atoms with Crippen molar-refractivity contribution in [1.82, 2.24) is 0 Å². The van der Waals surface area contributed by atoms with Crippen molar-refractivity contribution in [2.45, 2.75) is 24.8 Å². The van der Waals surface area contributed by atoms with Crippen molar-refractivity contribution in [3.05, 3.63) is 71.3 Å². The standard InChI is InChI=1S/C24H30N2O5S/c1-26(32-31-29-2)22-13-20(11-10-18-8-9-18)12-21(14-22)23(28)30-17-24(25,16-27)15-19-6-4-3-5-7-19/h3-7,10-14,18,27H,8-9,15-17,25H2,1-2H3/b11-10-. The number of carbonyl (C=O) groups excluding carboxylic acids is 1. The molecule has 8 heteroatoms. The number of rotatable bonds is 12. The molecule has 7 nitrogen and oxygen atoms in total. The Hall–Kier alpha value is -2.36. The van der Waals surface area contributed by atoms with Crippen molar-refractivity contribution in [3.8, 4) is 0 Å². The fourth-order valence-corrected chi connectivity index (χ4v) is 3.48. The lowest BCUT2D eigenvalue weighted by Gasteiger charge is -2.27. The molecule has 2 aromatic carbocycles. The van der Waals surface area contributed by atoms with Gasteiger partial charge in [-0.15, -0.1) is 4.33 Å². The van der Waals surface area contributed by atoms with Crippen LogP contribution in [-0.2, 0) is 20.4 Å². The molecule has 1 atom stereocenters. The molecule has 172 valence electrons. The molecule has 0 saturated heterocycles. The predicted octanol–water partition coefficient (Wildman–Crippen LogP) is 3.78. The Kier molecular flexibility index (Phi) is 8.72. The zero-order chi connectivity index (χ0) is 23.0. The highest BCUT2D eigenvalue weighted by Crippen LogP contribution is 2.32. The number of nitrogens with two attached hydrogens (primary N) is 1. The average molecular weight is 459 g/mol. The summed E-state index contributed by atoms with van der Waals surface area (Å²) in [5.41, 5.74) is 8.25. The first-order valence-corrected chi connectivity index (χ1v) is 11.2. The molecule has 0 heterocycles. The van der Waals surface area contributed by atoms with E-state index in [4.69, 9.17) is 14.8 Å². The van der Waals surface area contributed by atoms with Gasteiger partial charge in [-0.1, -0.05) is 42.5 Å². The molecule has 1 aliphatic carbocycles. The van der Waals surface area contributed by atoms with Gasteiger partial charge >= 0.3 is 5.97 Å². The Labute approximate surface area is 193 Å². The summed E-state index contributed by atoms with van der Waals surface area (Å²) in [6.07, 6.45) is 6.96. The first-order valence-electron chi connectivity index (χ1n) is 10.5. The summed E-state index contributed by atoms with van der Waals surface area (Å²) in [6, 6.07) is 15.0. The highest BCUT2D eigenvalue weighted by molar-refractivity contribution is 7.95. The minimum atomic E-state index is -1.07. The molecule has 0 radical (unpaired) electrons. The molecule has 1 fully saturated rings. The second kappa shape index (κ2) is 11.5. The van der Waals surface area contributed by atoms with E-state index in [1.807, 2.05) is 42.5 Å². The average Bonchev–Trinajstić information content (AvgIpc) is 3.64. The summed E-state index contributed by atoms with van der Waals surface area (Å²) < 4.78 is 12.2. The molecule has 3 N–H and O–H groups in total. The Bertz CT molecular complexity index is 920. The summed E-state index contributed by atoms with van der Waals surface area (Å²) >= 11 is 1.000. The Morgan fingerprint density at radius 3 is 2.69 bits per heavy atom. The third kappa shape index (κ3) is 7.36. The van der Waals surface area contributed by atoms with Gasteiger partial charge < -0.3 is 15.6 Å². The topological polar surface area (TPSA) is 94.2 Å². The molecular formula is C24H30N2O5S. The van der Waals surface area contributed by atoms with Crippen LogP contribution >= 0.6 is 12.2 Å². The smallest absolute Gasteiger partial charge is 0.338 e. The van der Waals surface area contributed by atoms with E-state index in [0.717, 1.165) is 29.0 Å². The van der Waals surface area contributed by atoms with Crippen LogP contribution in [0, 0.1) is 5.92 Å². The number of hydrogen-bond acceptors (Lipinski definition) is 8. The zero-order valence-electron chi connectivity index (χ0n) is 18.4. The minimum absolute atomic E-state index is 0.105. The van der Waals surface area contributed by atoms with E-state index in [9.17, 15) is 9.90 Å². The molecule has 0 aromatic heterocycles. The fraction of sp³-hybridized carbons (Fsp3) is 0.375. The lowest BCUT2D eigenvalue weighted by Crippen LogP contribution is -2.50. The monoisotopic (exact) mass is 458 g/mol. The summed E-state index contributed by atoms with van der Waals surface area (Å²) in [6.45, 7) is -0.412. The number of esters is 1. The molecule has 32 heavy (non-hydrogen) atoms. The van der Waals surface area contributed by atoms with Crippen molar-refractivity contribution < 1.29 is 23.9 Å². The predicted molar refractivity (Wildman–Crippen MR) is 127 cm³/mol. The SMILES string of the molecule is COOSN(C)c1cc(/C=C\C2CC2)cc(C(=O)OCC(N)(CO)Cc2ccccc2)c1. The van der Waals surface area contributed by atoms with Gasteiger partial charge in [0, 0.05) is 7.05 Å². The summed E-state index contributed by atoms with van der Waals surface area (Å²) in [5.74, 6) is 0.105. The number of nitrogens with zero attached hydrogens (tertiary/aromatic N) is 1. The highest BCUT2D eigenvalue weighted by Gasteiger charge is 2.27. The molecule has 2 aromatic rings. The maximum Gasteiger partial charge on any atom is 0.338 e. The van der Waals surface area contributed by atoms with Crippen molar-refractivity contribution in [2.24, 2.45) is 11.7 Å². The van der Waals surface area contributed by atoms with Gasteiger partial charge in [0.1, 0.15) is 6.61 Å². The number of aliphatic hydroxyl groups is 1. The minimum Gasteiger partial charge on any atom is -0.460 e. The first kappa shape index (κ1) is 24.3. The molecule has 0 spiro atoms. The molecule has 1 aliphatic rings. The van der Waals surface area contributed by atoms with E-state index in [1.54, 1.807) is 23.5 Å². The van der Waals surface area contributed by atoms with Crippen LogP contribution in [0.4, 0.5) is 5.69 Å². The van der Waals surface area contributed by atoms with Crippen LogP contribution in [0.5, 0.6) is 0 Å². The van der Waals surface area contributed by atoms with Crippen molar-refractivity contribution in [1.29, 1.82) is 0 Å². The third-order valence-corrected chi connectivity index (χ3v) is 5.77. The van der Waals surface area contributed by atoms with E-state index in [1.165, 1.54) is 20.0 Å². The largest absolute Gasteiger partial charge is 0.460 e. The van der Waals surface area contributed by atoms with E-state index in [0.29, 0.717) is 17.9 Å². The zero-order valence-corrected chi connectivity index (χ0v) is 19.2. The van der Waals surface area contributed by atoms with Gasteiger partial charge in [0.2, 0.25) is 0 Å². The second-order valence-corrected chi connectivity index (χ2v) is 8.91. The first-order chi connectivity index (χ1) is 15.4. The second-order valence-electron chi connectivity index (χ2n) is 8.08. The third-order valence-electron chi connectivity index (χ3n) is 5.14. The Balaban J connectivity index is 1.73. The molecule has 1 unspecified atom stereocenters. The van der Waals surface area contributed by atoms with Gasteiger partial charge in [-0.05, 0) is 54.5 Å². The van der Waals surface area contributed by atoms with Crippen LogP contribution < -0.4 is 10.0 Å². The van der Waals surface area contributed by atoms with Crippen LogP contribution in [0.2, 0.25) is 0 Å². The molecule has 0 amide bonds. The number of anilines is 1. The summed E-state index contributed by atoms with van der Waals surface area (Å²) in [5, 5.41) is 9.84. The fourth-order valence-electron chi connectivity index (χ4n) is 3.13. The van der Waals surface area contributed by atoms with Gasteiger partial charge in [0.25, 0.3) is 0 Å². The maximum atomic E-state index is 12.9. The van der Waals surface area contributed by atoms with E-state index < -0.39 is 11.5 Å². The van der Waals surface area contributed by atoms with Crippen LogP contribution in [0.15, 0.2) is 54.6 Å². The molecule has 1 saturated carbocycles. The van der Waals surface area contributed by atoms with E-state index in [-0.39, 0.29) is 13.2 Å². The quantitative estimate of drug-likeness (QED) is 0.163. The van der Waals surface area contributed by atoms with E-state index >= 15 is 0 Å². The number of ether oxygens (including phenoxy) is 1. The van der Waals surface area contributed by atoms with Gasteiger partial charge in [0.15, 0.2) is 12.2 Å². The van der Waals surface area contributed by atoms with Crippen LogP contribution in [0.3, 0.4) is 0 Å². The van der Waals surface area contributed by atoms with Crippen LogP contribution in [-0.4, -0.2) is 44.0 Å². The molecular weight excluding hydrogens is 428 g/mol. The number of allylic oxidation sites excluding steroid dienone is 1. The molecule has 0 aliphatic heterocycles. The number of benzene rings is 2.